The Hall–Kier alpha value is 0.230. The zero-order chi connectivity index (χ0) is 6.95. The van der Waals surface area contributed by atoms with Crippen LogP contribution in [0, 0.1) is 0 Å². The van der Waals surface area contributed by atoms with Gasteiger partial charge in [0.2, 0.25) is 0 Å². The number of hydrogen-bond acceptors (Lipinski definition) is 0. The van der Waals surface area contributed by atoms with Crippen molar-refractivity contribution >= 4 is 29.8 Å². The lowest BCUT2D eigenvalue weighted by Gasteiger charge is -1.69. The molecule has 0 heterocycles. The molecule has 1 aromatic rings. The van der Waals surface area contributed by atoms with Crippen LogP contribution in [0.25, 0.3) is 0 Å². The van der Waals surface area contributed by atoms with Crippen molar-refractivity contribution in [3.8, 4) is 0 Å². The van der Waals surface area contributed by atoms with Gasteiger partial charge in [0.1, 0.15) is 0 Å². The molecule has 0 spiro atoms. The number of rotatable bonds is 0. The second-order valence-corrected chi connectivity index (χ2v) is 3.08. The van der Waals surface area contributed by atoms with Gasteiger partial charge in [0.25, 0.3) is 0 Å². The van der Waals surface area contributed by atoms with Crippen LogP contribution in [-0.4, -0.2) is 0 Å². The maximum atomic E-state index is 4.79. The maximum Gasteiger partial charge on any atom is 0.0713 e. The lowest BCUT2D eigenvalue weighted by atomic mass is 10.4. The van der Waals surface area contributed by atoms with E-state index in [1.165, 1.54) is 0 Å². The Morgan fingerprint density at radius 3 is 0.889 bits per heavy atom. The van der Waals surface area contributed by atoms with Gasteiger partial charge in [-0.15, -0.1) is 0 Å². The normalized spacial score (nSPS) is 7.33. The van der Waals surface area contributed by atoms with Crippen molar-refractivity contribution in [2.75, 3.05) is 0 Å². The molecule has 3 heteroatoms. The van der Waals surface area contributed by atoms with Crippen molar-refractivity contribution in [3.05, 3.63) is 36.4 Å². The van der Waals surface area contributed by atoms with Crippen LogP contribution >= 0.6 is 29.8 Å². The molecule has 0 aliphatic carbocycles. The fourth-order valence-corrected chi connectivity index (χ4v) is 0.385. The Balaban J connectivity index is 0.000000187. The summed E-state index contributed by atoms with van der Waals surface area (Å²) < 4.78 is 0. The molecule has 0 N–H and O–H groups in total. The van der Waals surface area contributed by atoms with Crippen LogP contribution in [0.2, 0.25) is 0 Å². The minimum absolute atomic E-state index is 0.0278. The maximum absolute atomic E-state index is 4.79. The lowest BCUT2D eigenvalue weighted by Crippen LogP contribution is -1.47. The third-order valence-corrected chi connectivity index (χ3v) is 0.667. The van der Waals surface area contributed by atoms with E-state index in [1.54, 1.807) is 0 Å². The van der Waals surface area contributed by atoms with E-state index in [-0.39, 0.29) is 7.29 Å². The number of halogens is 2. The summed E-state index contributed by atoms with van der Waals surface area (Å²) in [7, 11) is 0.0278. The minimum Gasteiger partial charge on any atom is -0.0818 e. The minimum atomic E-state index is 0.0278. The topological polar surface area (TPSA) is 0 Å². The van der Waals surface area contributed by atoms with Gasteiger partial charge >= 0.3 is 0 Å². The molecule has 0 unspecified atom stereocenters. The SMILES string of the molecule is ClPCl.c1ccccc1. The smallest absolute Gasteiger partial charge is 0.0713 e. The monoisotopic (exact) mass is 180 g/mol. The highest BCUT2D eigenvalue weighted by Crippen LogP contribution is 2.19. The second-order valence-electron chi connectivity index (χ2n) is 1.23. The van der Waals surface area contributed by atoms with Gasteiger partial charge in [-0.1, -0.05) is 58.9 Å². The van der Waals surface area contributed by atoms with Gasteiger partial charge in [-0.05, 0) is 0 Å². The predicted octanol–water partition coefficient (Wildman–Crippen LogP) is 3.66. The molecular formula is C6H7Cl2P. The molecule has 0 saturated heterocycles. The molecular weight excluding hydrogens is 174 g/mol. The highest BCUT2D eigenvalue weighted by atomic mass is 35.9. The fourth-order valence-electron chi connectivity index (χ4n) is 0.385. The van der Waals surface area contributed by atoms with Crippen LogP contribution in [0.5, 0.6) is 0 Å². The van der Waals surface area contributed by atoms with E-state index >= 15 is 0 Å². The van der Waals surface area contributed by atoms with Crippen LogP contribution in [-0.2, 0) is 0 Å². The third-order valence-electron chi connectivity index (χ3n) is 0.667. The summed E-state index contributed by atoms with van der Waals surface area (Å²) in [6, 6.07) is 12.0. The molecule has 0 fully saturated rings. The fraction of sp³-hybridized carbons (Fsp3) is 0. The summed E-state index contributed by atoms with van der Waals surface area (Å²) in [5, 5.41) is 0. The summed E-state index contributed by atoms with van der Waals surface area (Å²) in [5.41, 5.74) is 0. The van der Waals surface area contributed by atoms with Crippen LogP contribution in [0.15, 0.2) is 36.4 Å². The largest absolute Gasteiger partial charge is 0.0818 e. The number of hydrogen-bond donors (Lipinski definition) is 0. The van der Waals surface area contributed by atoms with Gasteiger partial charge in [-0.25, -0.2) is 0 Å². The van der Waals surface area contributed by atoms with Gasteiger partial charge in [0, 0.05) is 0 Å². The van der Waals surface area contributed by atoms with Gasteiger partial charge in [0.15, 0.2) is 0 Å². The first-order valence-electron chi connectivity index (χ1n) is 2.38. The van der Waals surface area contributed by atoms with Crippen LogP contribution < -0.4 is 0 Å². The molecule has 0 aromatic heterocycles. The zero-order valence-corrected chi connectivity index (χ0v) is 7.23. The molecule has 0 aliphatic heterocycles. The van der Waals surface area contributed by atoms with Gasteiger partial charge in [-0.2, -0.15) is 0 Å². The van der Waals surface area contributed by atoms with Crippen molar-refractivity contribution in [2.24, 2.45) is 0 Å². The average Bonchev–Trinajstić information content (AvgIpc) is 1.93. The molecule has 0 aliphatic rings. The molecule has 0 saturated carbocycles. The Bertz CT molecular complexity index is 93.9. The summed E-state index contributed by atoms with van der Waals surface area (Å²) in [5.74, 6) is 0. The Morgan fingerprint density at radius 1 is 0.667 bits per heavy atom. The van der Waals surface area contributed by atoms with Gasteiger partial charge in [0.05, 0.1) is 7.29 Å². The average molecular weight is 181 g/mol. The molecule has 0 nitrogen and oxygen atoms in total. The predicted molar refractivity (Wildman–Crippen MR) is 46.5 cm³/mol. The molecule has 9 heavy (non-hydrogen) atoms. The molecule has 0 bridgehead atoms. The zero-order valence-electron chi connectivity index (χ0n) is 4.72. The van der Waals surface area contributed by atoms with E-state index < -0.39 is 0 Å². The lowest BCUT2D eigenvalue weighted by molar-refractivity contribution is 1.72. The van der Waals surface area contributed by atoms with Gasteiger partial charge < -0.3 is 0 Å². The first-order chi connectivity index (χ1) is 4.41. The van der Waals surface area contributed by atoms with Crippen molar-refractivity contribution in [1.29, 1.82) is 0 Å². The van der Waals surface area contributed by atoms with E-state index in [9.17, 15) is 0 Å². The first kappa shape index (κ1) is 9.23. The number of benzene rings is 1. The van der Waals surface area contributed by atoms with E-state index in [0.717, 1.165) is 0 Å². The Kier molecular flexibility index (Phi) is 8.44. The summed E-state index contributed by atoms with van der Waals surface area (Å²) >= 11 is 9.58. The second kappa shape index (κ2) is 8.23. The van der Waals surface area contributed by atoms with Crippen molar-refractivity contribution in [3.63, 3.8) is 0 Å². The van der Waals surface area contributed by atoms with E-state index in [2.05, 4.69) is 0 Å². The summed E-state index contributed by atoms with van der Waals surface area (Å²) in [4.78, 5) is 0. The summed E-state index contributed by atoms with van der Waals surface area (Å²) in [6.45, 7) is 0. The van der Waals surface area contributed by atoms with Gasteiger partial charge in [-0.3, -0.25) is 0 Å². The molecule has 50 valence electrons. The first-order valence-corrected chi connectivity index (χ1v) is 5.40. The molecule has 0 amide bonds. The quantitative estimate of drug-likeness (QED) is 0.535. The highest BCUT2D eigenvalue weighted by Gasteiger charge is 1.57. The van der Waals surface area contributed by atoms with Crippen molar-refractivity contribution in [1.82, 2.24) is 0 Å². The Labute approximate surface area is 66.5 Å². The highest BCUT2D eigenvalue weighted by molar-refractivity contribution is 7.90. The molecule has 1 aromatic carbocycles. The summed E-state index contributed by atoms with van der Waals surface area (Å²) in [6.07, 6.45) is 0. The van der Waals surface area contributed by atoms with Crippen LogP contribution in [0.4, 0.5) is 0 Å². The molecule has 0 atom stereocenters. The van der Waals surface area contributed by atoms with Crippen molar-refractivity contribution < 1.29 is 0 Å². The Morgan fingerprint density at radius 2 is 0.778 bits per heavy atom. The van der Waals surface area contributed by atoms with Crippen LogP contribution in [0.3, 0.4) is 0 Å². The third kappa shape index (κ3) is 8.23. The van der Waals surface area contributed by atoms with Crippen molar-refractivity contribution in [2.45, 2.75) is 0 Å². The standard InChI is InChI=1S/C6H6.Cl2HP/c1-2-4-6-5-3-1;1-3-2/h1-6H;3H. The van der Waals surface area contributed by atoms with E-state index in [0.29, 0.717) is 0 Å². The van der Waals surface area contributed by atoms with Crippen LogP contribution in [0.1, 0.15) is 0 Å². The molecule has 1 rings (SSSR count). The molecule has 0 radical (unpaired) electrons. The van der Waals surface area contributed by atoms with E-state index in [4.69, 9.17) is 22.5 Å². The van der Waals surface area contributed by atoms with E-state index in [1.807, 2.05) is 36.4 Å².